The molecule has 0 radical (unpaired) electrons. The quantitative estimate of drug-likeness (QED) is 0.824. The van der Waals surface area contributed by atoms with Gasteiger partial charge in [-0.1, -0.05) is 6.42 Å². The number of piperidine rings is 1. The predicted molar refractivity (Wildman–Crippen MR) is 81.1 cm³/mol. The maximum Gasteiger partial charge on any atom is 0.132 e. The van der Waals surface area contributed by atoms with Crippen LogP contribution in [0.15, 0.2) is 6.07 Å². The molecule has 2 rings (SSSR count). The zero-order chi connectivity index (χ0) is 14.5. The topological polar surface area (TPSA) is 41.5 Å². The lowest BCUT2D eigenvalue weighted by Crippen LogP contribution is -2.36. The van der Waals surface area contributed by atoms with Crippen LogP contribution in [0, 0.1) is 6.92 Å². The standard InChI is InChI=1S/C15H26N4O/c1-12-16-13(11-15(17-12)18(2)3)14-7-5-6-8-19(14)9-10-20-4/h11,14H,5-10H2,1-4H3. The van der Waals surface area contributed by atoms with Crippen LogP contribution < -0.4 is 4.90 Å². The zero-order valence-electron chi connectivity index (χ0n) is 13.1. The lowest BCUT2D eigenvalue weighted by molar-refractivity contribution is 0.0941. The van der Waals surface area contributed by atoms with Crippen molar-refractivity contribution < 1.29 is 4.74 Å². The third-order valence-electron chi connectivity index (χ3n) is 3.84. The van der Waals surface area contributed by atoms with E-state index >= 15 is 0 Å². The van der Waals surface area contributed by atoms with Gasteiger partial charge in [0.05, 0.1) is 18.3 Å². The Balaban J connectivity index is 2.22. The van der Waals surface area contributed by atoms with E-state index in [2.05, 4.69) is 20.9 Å². The molecule has 0 saturated carbocycles. The van der Waals surface area contributed by atoms with Crippen molar-refractivity contribution in [3.63, 3.8) is 0 Å². The Morgan fingerprint density at radius 3 is 2.85 bits per heavy atom. The maximum absolute atomic E-state index is 5.23. The minimum atomic E-state index is 0.402. The summed E-state index contributed by atoms with van der Waals surface area (Å²) in [6.45, 7) is 4.86. The van der Waals surface area contributed by atoms with E-state index < -0.39 is 0 Å². The molecule has 1 atom stereocenters. The monoisotopic (exact) mass is 278 g/mol. The smallest absolute Gasteiger partial charge is 0.132 e. The van der Waals surface area contributed by atoms with E-state index in [1.54, 1.807) is 7.11 Å². The number of hydrogen-bond donors (Lipinski definition) is 0. The van der Waals surface area contributed by atoms with Crippen LogP contribution in [0.1, 0.15) is 36.8 Å². The molecule has 1 saturated heterocycles. The molecule has 0 amide bonds. The first-order chi connectivity index (χ1) is 9.61. The third kappa shape index (κ3) is 3.67. The Bertz CT molecular complexity index is 436. The summed E-state index contributed by atoms with van der Waals surface area (Å²) in [4.78, 5) is 13.7. The minimum absolute atomic E-state index is 0.402. The van der Waals surface area contributed by atoms with Gasteiger partial charge < -0.3 is 9.64 Å². The summed E-state index contributed by atoms with van der Waals surface area (Å²) in [5.41, 5.74) is 1.15. The average molecular weight is 278 g/mol. The van der Waals surface area contributed by atoms with Crippen molar-refractivity contribution in [2.45, 2.75) is 32.2 Å². The van der Waals surface area contributed by atoms with E-state index in [1.165, 1.54) is 19.3 Å². The molecule has 0 bridgehead atoms. The van der Waals surface area contributed by atoms with Crippen LogP contribution in [0.4, 0.5) is 5.82 Å². The average Bonchev–Trinajstić information content (AvgIpc) is 2.44. The number of hydrogen-bond acceptors (Lipinski definition) is 5. The first-order valence-electron chi connectivity index (χ1n) is 7.37. The summed E-state index contributed by atoms with van der Waals surface area (Å²) in [6.07, 6.45) is 3.71. The number of aryl methyl sites for hydroxylation is 1. The molecular weight excluding hydrogens is 252 g/mol. The van der Waals surface area contributed by atoms with Gasteiger partial charge in [-0.25, -0.2) is 9.97 Å². The molecular formula is C15H26N4O. The molecule has 0 aromatic carbocycles. The number of ether oxygens (including phenoxy) is 1. The highest BCUT2D eigenvalue weighted by atomic mass is 16.5. The van der Waals surface area contributed by atoms with Gasteiger partial charge in [-0.2, -0.15) is 0 Å². The minimum Gasteiger partial charge on any atom is -0.383 e. The lowest BCUT2D eigenvalue weighted by Gasteiger charge is -2.35. The Morgan fingerprint density at radius 2 is 2.15 bits per heavy atom. The number of anilines is 1. The van der Waals surface area contributed by atoms with Gasteiger partial charge >= 0.3 is 0 Å². The molecule has 2 heterocycles. The second-order valence-electron chi connectivity index (χ2n) is 5.63. The highest BCUT2D eigenvalue weighted by molar-refractivity contribution is 5.38. The second-order valence-corrected chi connectivity index (χ2v) is 5.63. The van der Waals surface area contributed by atoms with Crippen LogP contribution in [0.25, 0.3) is 0 Å². The predicted octanol–water partition coefficient (Wildman–Crippen LogP) is 2.02. The van der Waals surface area contributed by atoms with Crippen molar-refractivity contribution in [2.24, 2.45) is 0 Å². The molecule has 1 aromatic rings. The largest absolute Gasteiger partial charge is 0.383 e. The summed E-state index contributed by atoms with van der Waals surface area (Å²) in [5, 5.41) is 0. The Labute approximate surface area is 122 Å². The van der Waals surface area contributed by atoms with Gasteiger partial charge in [0.2, 0.25) is 0 Å². The van der Waals surface area contributed by atoms with Gasteiger partial charge in [0.25, 0.3) is 0 Å². The summed E-state index contributed by atoms with van der Waals surface area (Å²) < 4.78 is 5.23. The highest BCUT2D eigenvalue weighted by Crippen LogP contribution is 2.30. The van der Waals surface area contributed by atoms with Gasteiger partial charge in [0.1, 0.15) is 11.6 Å². The van der Waals surface area contributed by atoms with Crippen molar-refractivity contribution in [1.29, 1.82) is 0 Å². The van der Waals surface area contributed by atoms with Crippen molar-refractivity contribution in [2.75, 3.05) is 45.8 Å². The van der Waals surface area contributed by atoms with Crippen molar-refractivity contribution in [1.82, 2.24) is 14.9 Å². The van der Waals surface area contributed by atoms with E-state index in [0.717, 1.165) is 37.0 Å². The van der Waals surface area contributed by atoms with Crippen LogP contribution in [-0.2, 0) is 4.74 Å². The van der Waals surface area contributed by atoms with E-state index in [4.69, 9.17) is 4.74 Å². The molecule has 112 valence electrons. The van der Waals surface area contributed by atoms with Gasteiger partial charge in [-0.3, -0.25) is 4.90 Å². The molecule has 20 heavy (non-hydrogen) atoms. The van der Waals surface area contributed by atoms with E-state index in [-0.39, 0.29) is 0 Å². The first kappa shape index (κ1) is 15.2. The Kier molecular flexibility index (Phi) is 5.31. The lowest BCUT2D eigenvalue weighted by atomic mass is 9.99. The molecule has 0 N–H and O–H groups in total. The Hall–Kier alpha value is -1.20. The first-order valence-corrected chi connectivity index (χ1v) is 7.37. The maximum atomic E-state index is 5.23. The fraction of sp³-hybridized carbons (Fsp3) is 0.733. The van der Waals surface area contributed by atoms with Crippen LogP contribution in [0.5, 0.6) is 0 Å². The second kappa shape index (κ2) is 6.99. The van der Waals surface area contributed by atoms with Crippen LogP contribution in [0.2, 0.25) is 0 Å². The van der Waals surface area contributed by atoms with Gasteiger partial charge in [0.15, 0.2) is 0 Å². The molecule has 1 aliphatic rings. The summed E-state index contributed by atoms with van der Waals surface area (Å²) in [5.74, 6) is 1.84. The third-order valence-corrected chi connectivity index (χ3v) is 3.84. The number of rotatable bonds is 5. The van der Waals surface area contributed by atoms with Crippen molar-refractivity contribution in [3.8, 4) is 0 Å². The van der Waals surface area contributed by atoms with Crippen molar-refractivity contribution in [3.05, 3.63) is 17.6 Å². The number of nitrogens with zero attached hydrogens (tertiary/aromatic N) is 4. The highest BCUT2D eigenvalue weighted by Gasteiger charge is 2.25. The van der Waals surface area contributed by atoms with Gasteiger partial charge in [-0.15, -0.1) is 0 Å². The van der Waals surface area contributed by atoms with E-state index in [1.807, 2.05) is 25.9 Å². The summed E-state index contributed by atoms with van der Waals surface area (Å²) in [6, 6.07) is 2.53. The molecule has 1 unspecified atom stereocenters. The van der Waals surface area contributed by atoms with Crippen LogP contribution in [0.3, 0.4) is 0 Å². The fourth-order valence-corrected chi connectivity index (χ4v) is 2.78. The molecule has 0 spiro atoms. The number of aromatic nitrogens is 2. The van der Waals surface area contributed by atoms with Crippen LogP contribution in [-0.4, -0.2) is 55.8 Å². The normalized spacial score (nSPS) is 20.1. The molecule has 5 nitrogen and oxygen atoms in total. The SMILES string of the molecule is COCCN1CCCCC1c1cc(N(C)C)nc(C)n1. The summed E-state index contributed by atoms with van der Waals surface area (Å²) in [7, 11) is 5.81. The number of methoxy groups -OCH3 is 1. The van der Waals surface area contributed by atoms with E-state index in [0.29, 0.717) is 6.04 Å². The van der Waals surface area contributed by atoms with Gasteiger partial charge in [0, 0.05) is 33.8 Å². The zero-order valence-corrected chi connectivity index (χ0v) is 13.1. The summed E-state index contributed by atoms with van der Waals surface area (Å²) >= 11 is 0. The Morgan fingerprint density at radius 1 is 1.35 bits per heavy atom. The number of likely N-dealkylation sites (tertiary alicyclic amines) is 1. The van der Waals surface area contributed by atoms with Gasteiger partial charge in [-0.05, 0) is 26.3 Å². The molecule has 5 heteroatoms. The molecule has 1 aliphatic heterocycles. The fourth-order valence-electron chi connectivity index (χ4n) is 2.78. The van der Waals surface area contributed by atoms with E-state index in [9.17, 15) is 0 Å². The van der Waals surface area contributed by atoms with Crippen molar-refractivity contribution >= 4 is 5.82 Å². The molecule has 1 fully saturated rings. The molecule has 1 aromatic heterocycles. The molecule has 0 aliphatic carbocycles. The van der Waals surface area contributed by atoms with Crippen LogP contribution >= 0.6 is 0 Å².